The van der Waals surface area contributed by atoms with Crippen molar-refractivity contribution in [1.29, 1.82) is 0 Å². The lowest BCUT2D eigenvalue weighted by Gasteiger charge is -2.24. The van der Waals surface area contributed by atoms with Crippen LogP contribution in [0.15, 0.2) is 47.8 Å². The Morgan fingerprint density at radius 3 is 1.73 bits per heavy atom. The zero-order valence-corrected chi connectivity index (χ0v) is 11.0. The number of aromatic hydroxyl groups is 1. The van der Waals surface area contributed by atoms with Gasteiger partial charge in [0.05, 0.1) is 5.69 Å². The second kappa shape index (κ2) is 4.85. The van der Waals surface area contributed by atoms with Gasteiger partial charge in [0, 0.05) is 12.2 Å². The number of phenolic OH excluding ortho intramolecular Hbond substituents is 1. The lowest BCUT2D eigenvalue weighted by Crippen LogP contribution is -2.34. The molecule has 0 spiro atoms. The van der Waals surface area contributed by atoms with Gasteiger partial charge in [-0.1, -0.05) is 12.1 Å². The Balaban J connectivity index is 2.18. The van der Waals surface area contributed by atoms with Crippen LogP contribution in [0.25, 0.3) is 0 Å². The molecule has 0 atom stereocenters. The molecule has 22 heavy (non-hydrogen) atoms. The fourth-order valence-corrected chi connectivity index (χ4v) is 2.18. The Kier molecular flexibility index (Phi) is 2.99. The molecule has 3 rings (SSSR count). The minimum atomic E-state index is -0.735. The molecule has 0 radical (unpaired) electrons. The Morgan fingerprint density at radius 1 is 0.818 bits per heavy atom. The van der Waals surface area contributed by atoms with Crippen LogP contribution in [0.5, 0.6) is 5.75 Å². The molecule has 110 valence electrons. The van der Waals surface area contributed by atoms with Crippen molar-refractivity contribution in [3.63, 3.8) is 0 Å². The molecule has 0 aromatic heterocycles. The SMILES string of the molecule is O=C1C=C(N(C2=CC(=O)NC2=O)c2ccccc2O)C(=O)N1. The van der Waals surface area contributed by atoms with Crippen LogP contribution in [-0.2, 0) is 19.2 Å². The van der Waals surface area contributed by atoms with Crippen LogP contribution in [0.4, 0.5) is 5.69 Å². The predicted molar refractivity (Wildman–Crippen MR) is 73.1 cm³/mol. The van der Waals surface area contributed by atoms with Crippen molar-refractivity contribution in [1.82, 2.24) is 10.6 Å². The summed E-state index contributed by atoms with van der Waals surface area (Å²) >= 11 is 0. The van der Waals surface area contributed by atoms with Gasteiger partial charge >= 0.3 is 0 Å². The van der Waals surface area contributed by atoms with Gasteiger partial charge in [0.2, 0.25) is 0 Å². The third-order valence-corrected chi connectivity index (χ3v) is 3.08. The second-order valence-electron chi connectivity index (χ2n) is 4.52. The van der Waals surface area contributed by atoms with Gasteiger partial charge in [0.15, 0.2) is 0 Å². The molecular weight excluding hydrogens is 290 g/mol. The van der Waals surface area contributed by atoms with Crippen LogP contribution in [0.3, 0.4) is 0 Å². The molecule has 1 aromatic rings. The molecule has 0 saturated heterocycles. The van der Waals surface area contributed by atoms with Crippen molar-refractivity contribution in [2.24, 2.45) is 0 Å². The van der Waals surface area contributed by atoms with Crippen LogP contribution >= 0.6 is 0 Å². The first-order valence-electron chi connectivity index (χ1n) is 6.19. The summed E-state index contributed by atoms with van der Waals surface area (Å²) in [7, 11) is 0. The fraction of sp³-hybridized carbons (Fsp3) is 0. The molecule has 0 bridgehead atoms. The molecular formula is C14H9N3O5. The van der Waals surface area contributed by atoms with Crippen LogP contribution in [0.1, 0.15) is 0 Å². The highest BCUT2D eigenvalue weighted by Crippen LogP contribution is 2.34. The highest BCUT2D eigenvalue weighted by atomic mass is 16.3. The van der Waals surface area contributed by atoms with Gasteiger partial charge in [-0.2, -0.15) is 0 Å². The number of nitrogens with zero attached hydrogens (tertiary/aromatic N) is 1. The fourth-order valence-electron chi connectivity index (χ4n) is 2.18. The number of carbonyl (C=O) groups excluding carboxylic acids is 4. The molecule has 0 saturated carbocycles. The van der Waals surface area contributed by atoms with Crippen LogP contribution < -0.4 is 15.5 Å². The number of nitrogens with one attached hydrogen (secondary N) is 2. The van der Waals surface area contributed by atoms with Crippen molar-refractivity contribution < 1.29 is 24.3 Å². The number of imide groups is 2. The van der Waals surface area contributed by atoms with E-state index < -0.39 is 23.6 Å². The lowest BCUT2D eigenvalue weighted by atomic mass is 10.2. The Bertz CT molecular complexity index is 749. The van der Waals surface area contributed by atoms with E-state index >= 15 is 0 Å². The topological polar surface area (TPSA) is 116 Å². The summed E-state index contributed by atoms with van der Waals surface area (Å²) in [4.78, 5) is 47.6. The maximum absolute atomic E-state index is 11.9. The van der Waals surface area contributed by atoms with E-state index in [1.807, 2.05) is 10.6 Å². The standard InChI is InChI=1S/C14H9N3O5/c18-10-4-2-1-3-7(10)17(8-5-11(19)15-13(8)21)9-6-12(20)16-14(9)22/h1-6,18H,(H,15,19,21)(H,16,20,22). The average molecular weight is 299 g/mol. The summed E-state index contributed by atoms with van der Waals surface area (Å²) in [6, 6.07) is 5.93. The Labute approximate surface area is 123 Å². The van der Waals surface area contributed by atoms with E-state index in [4.69, 9.17) is 0 Å². The number of anilines is 1. The number of carbonyl (C=O) groups is 4. The Morgan fingerprint density at radius 2 is 1.32 bits per heavy atom. The molecule has 0 fully saturated rings. The summed E-state index contributed by atoms with van der Waals surface area (Å²) in [6.07, 6.45) is 1.98. The van der Waals surface area contributed by atoms with Crippen molar-refractivity contribution in [3.8, 4) is 5.75 Å². The summed E-state index contributed by atoms with van der Waals surface area (Å²) < 4.78 is 0. The molecule has 8 nitrogen and oxygen atoms in total. The van der Waals surface area contributed by atoms with Gasteiger partial charge in [-0.3, -0.25) is 34.7 Å². The van der Waals surface area contributed by atoms with Gasteiger partial charge in [-0.05, 0) is 12.1 Å². The zero-order valence-electron chi connectivity index (χ0n) is 11.0. The molecule has 2 heterocycles. The molecule has 1 aromatic carbocycles. The minimum Gasteiger partial charge on any atom is -0.506 e. The van der Waals surface area contributed by atoms with Crippen molar-refractivity contribution in [2.75, 3.05) is 4.90 Å². The smallest absolute Gasteiger partial charge is 0.275 e. The number of hydrogen-bond acceptors (Lipinski definition) is 6. The van der Waals surface area contributed by atoms with Crippen LogP contribution in [-0.4, -0.2) is 28.7 Å². The molecule has 0 unspecified atom stereocenters. The van der Waals surface area contributed by atoms with E-state index in [0.29, 0.717) is 0 Å². The first kappa shape index (κ1) is 13.6. The van der Waals surface area contributed by atoms with Crippen molar-refractivity contribution >= 4 is 29.3 Å². The van der Waals surface area contributed by atoms with E-state index in [-0.39, 0.29) is 22.8 Å². The van der Waals surface area contributed by atoms with Gasteiger partial charge in [0.1, 0.15) is 17.1 Å². The van der Waals surface area contributed by atoms with Crippen LogP contribution in [0.2, 0.25) is 0 Å². The number of hydrogen-bond donors (Lipinski definition) is 3. The average Bonchev–Trinajstić information content (AvgIpc) is 2.95. The quantitative estimate of drug-likeness (QED) is 0.634. The largest absolute Gasteiger partial charge is 0.506 e. The number of para-hydroxylation sites is 2. The summed E-state index contributed by atoms with van der Waals surface area (Å²) in [5, 5.41) is 14.1. The molecule has 2 aliphatic rings. The predicted octanol–water partition coefficient (Wildman–Crippen LogP) is -0.721. The minimum absolute atomic E-state index is 0.0923. The first-order valence-corrected chi connectivity index (χ1v) is 6.19. The highest BCUT2D eigenvalue weighted by Gasteiger charge is 2.35. The number of amides is 4. The van der Waals surface area contributed by atoms with E-state index in [1.165, 1.54) is 12.1 Å². The number of rotatable bonds is 3. The third-order valence-electron chi connectivity index (χ3n) is 3.08. The van der Waals surface area contributed by atoms with Gasteiger partial charge in [-0.15, -0.1) is 0 Å². The van der Waals surface area contributed by atoms with Gasteiger partial charge in [0.25, 0.3) is 23.6 Å². The monoisotopic (exact) mass is 299 g/mol. The third kappa shape index (κ3) is 2.12. The Hall–Kier alpha value is -3.42. The number of phenols is 1. The van der Waals surface area contributed by atoms with Crippen molar-refractivity contribution in [2.45, 2.75) is 0 Å². The van der Waals surface area contributed by atoms with E-state index in [1.54, 1.807) is 12.1 Å². The number of benzene rings is 1. The maximum atomic E-state index is 11.9. The molecule has 2 aliphatic heterocycles. The van der Waals surface area contributed by atoms with Crippen molar-refractivity contribution in [3.05, 3.63) is 47.8 Å². The second-order valence-corrected chi connectivity index (χ2v) is 4.52. The van der Waals surface area contributed by atoms with Crippen LogP contribution in [0, 0.1) is 0 Å². The molecule has 0 aliphatic carbocycles. The summed E-state index contributed by atoms with van der Waals surface area (Å²) in [5.74, 6) is -2.98. The van der Waals surface area contributed by atoms with E-state index in [0.717, 1.165) is 17.1 Å². The van der Waals surface area contributed by atoms with Gasteiger partial charge in [-0.25, -0.2) is 0 Å². The van der Waals surface area contributed by atoms with Gasteiger partial charge < -0.3 is 5.11 Å². The highest BCUT2D eigenvalue weighted by molar-refractivity contribution is 6.23. The summed E-state index contributed by atoms with van der Waals surface area (Å²) in [6.45, 7) is 0. The zero-order chi connectivity index (χ0) is 15.9. The molecule has 4 amide bonds. The maximum Gasteiger partial charge on any atom is 0.275 e. The lowest BCUT2D eigenvalue weighted by molar-refractivity contribution is -0.125. The van der Waals surface area contributed by atoms with E-state index in [2.05, 4.69) is 0 Å². The first-order chi connectivity index (χ1) is 10.5. The normalized spacial score (nSPS) is 17.1. The molecule has 8 heteroatoms. The van der Waals surface area contributed by atoms with E-state index in [9.17, 15) is 24.3 Å². The molecule has 3 N–H and O–H groups in total. The summed E-state index contributed by atoms with van der Waals surface area (Å²) in [5.41, 5.74) is -0.236.